The van der Waals surface area contributed by atoms with E-state index in [2.05, 4.69) is 4.98 Å². The molecule has 0 radical (unpaired) electrons. The zero-order valence-electron chi connectivity index (χ0n) is 9.86. The summed E-state index contributed by atoms with van der Waals surface area (Å²) in [5, 5.41) is 2.41. The Labute approximate surface area is 118 Å². The average molecular weight is 314 g/mol. The zero-order valence-corrected chi connectivity index (χ0v) is 12.3. The van der Waals surface area contributed by atoms with Crippen LogP contribution in [0.4, 0.5) is 0 Å². The number of thiazole rings is 1. The number of nitrogens with zero attached hydrogens (tertiary/aromatic N) is 1. The van der Waals surface area contributed by atoms with Crippen molar-refractivity contribution in [3.8, 4) is 0 Å². The molecule has 0 fully saturated rings. The third-order valence-corrected chi connectivity index (χ3v) is 5.62. The van der Waals surface area contributed by atoms with Crippen molar-refractivity contribution in [2.45, 2.75) is 11.1 Å². The smallest absolute Gasteiger partial charge is 0.269 e. The first-order valence-electron chi connectivity index (χ1n) is 5.18. The highest BCUT2D eigenvalue weighted by Crippen LogP contribution is 2.20. The highest BCUT2D eigenvalue weighted by molar-refractivity contribution is 7.92. The van der Waals surface area contributed by atoms with Crippen LogP contribution in [0.2, 0.25) is 0 Å². The lowest BCUT2D eigenvalue weighted by atomic mass is 10.5. The first-order valence-corrected chi connectivity index (χ1v) is 8.36. The summed E-state index contributed by atoms with van der Waals surface area (Å²) < 4.78 is 25.8. The minimum absolute atomic E-state index is 0.126. The fourth-order valence-corrected chi connectivity index (χ4v) is 3.99. The molecule has 0 aromatic carbocycles. The minimum atomic E-state index is -3.78. The van der Waals surface area contributed by atoms with Gasteiger partial charge in [-0.05, 0) is 25.1 Å². The van der Waals surface area contributed by atoms with Gasteiger partial charge in [0, 0.05) is 22.5 Å². The molecular formula is C11H10N2O3S3. The lowest BCUT2D eigenvalue weighted by Gasteiger charge is -2.01. The van der Waals surface area contributed by atoms with Crippen molar-refractivity contribution in [2.24, 2.45) is 0 Å². The number of rotatable bonds is 4. The van der Waals surface area contributed by atoms with Gasteiger partial charge < -0.3 is 0 Å². The largest absolute Gasteiger partial charge is 0.273 e. The van der Waals surface area contributed by atoms with Crippen LogP contribution in [-0.2, 0) is 14.8 Å². The molecule has 1 amide bonds. The number of sulfonamides is 1. The molecule has 2 aromatic rings. The monoisotopic (exact) mass is 314 g/mol. The van der Waals surface area contributed by atoms with E-state index >= 15 is 0 Å². The maximum atomic E-state index is 11.8. The molecule has 2 rings (SSSR count). The lowest BCUT2D eigenvalue weighted by molar-refractivity contribution is -0.114. The first-order chi connectivity index (χ1) is 8.97. The number of aryl methyl sites for hydroxylation is 1. The van der Waals surface area contributed by atoms with Gasteiger partial charge in [-0.15, -0.1) is 22.7 Å². The summed E-state index contributed by atoms with van der Waals surface area (Å²) in [6, 6.07) is 3.16. The van der Waals surface area contributed by atoms with E-state index in [0.29, 0.717) is 5.01 Å². The highest BCUT2D eigenvalue weighted by Gasteiger charge is 2.17. The van der Waals surface area contributed by atoms with E-state index in [1.807, 2.05) is 4.72 Å². The summed E-state index contributed by atoms with van der Waals surface area (Å²) in [6.07, 6.45) is 4.22. The van der Waals surface area contributed by atoms with Gasteiger partial charge in [-0.1, -0.05) is 0 Å². The summed E-state index contributed by atoms with van der Waals surface area (Å²) in [4.78, 5) is 16.4. The molecule has 1 N–H and O–H groups in total. The molecule has 0 aliphatic heterocycles. The van der Waals surface area contributed by atoms with Gasteiger partial charge in [0.1, 0.15) is 9.22 Å². The standard InChI is InChI=1S/C11H10N2O3S3/c1-8-2-5-11(18-8)19(15,16)13-9(14)3-4-10-12-6-7-17-10/h2-7H,1H3,(H,13,14)/b4-3+. The molecule has 0 aliphatic rings. The van der Waals surface area contributed by atoms with Gasteiger partial charge in [-0.2, -0.15) is 0 Å². The SMILES string of the molecule is Cc1ccc(S(=O)(=O)NC(=O)/C=C/c2nccs2)s1. The summed E-state index contributed by atoms with van der Waals surface area (Å²) in [6.45, 7) is 1.80. The number of carbonyl (C=O) groups excluding carboxylic acids is 1. The second-order valence-corrected chi connectivity index (χ2v) is 7.66. The maximum Gasteiger partial charge on any atom is 0.273 e. The van der Waals surface area contributed by atoms with Crippen LogP contribution in [0.25, 0.3) is 6.08 Å². The molecular weight excluding hydrogens is 304 g/mol. The van der Waals surface area contributed by atoms with Crippen LogP contribution >= 0.6 is 22.7 Å². The second-order valence-electron chi connectivity index (χ2n) is 3.54. The van der Waals surface area contributed by atoms with Crippen molar-refractivity contribution < 1.29 is 13.2 Å². The minimum Gasteiger partial charge on any atom is -0.269 e. The molecule has 0 saturated carbocycles. The average Bonchev–Trinajstić information content (AvgIpc) is 2.96. The molecule has 2 aromatic heterocycles. The Balaban J connectivity index is 2.06. The number of hydrogen-bond donors (Lipinski definition) is 1. The van der Waals surface area contributed by atoms with E-state index in [0.717, 1.165) is 22.3 Å². The van der Waals surface area contributed by atoms with E-state index in [-0.39, 0.29) is 4.21 Å². The molecule has 5 nitrogen and oxygen atoms in total. The van der Waals surface area contributed by atoms with E-state index < -0.39 is 15.9 Å². The van der Waals surface area contributed by atoms with E-state index in [4.69, 9.17) is 0 Å². The number of thiophene rings is 1. The number of hydrogen-bond acceptors (Lipinski definition) is 6. The second kappa shape index (κ2) is 5.64. The maximum absolute atomic E-state index is 11.8. The van der Waals surface area contributed by atoms with Gasteiger partial charge in [0.05, 0.1) is 0 Å². The molecule has 0 spiro atoms. The Morgan fingerprint density at radius 2 is 2.21 bits per heavy atom. The predicted molar refractivity (Wildman–Crippen MR) is 75.5 cm³/mol. The van der Waals surface area contributed by atoms with Crippen LogP contribution in [-0.4, -0.2) is 19.3 Å². The van der Waals surface area contributed by atoms with E-state index in [1.54, 1.807) is 24.6 Å². The fourth-order valence-electron chi connectivity index (χ4n) is 1.24. The van der Waals surface area contributed by atoms with Crippen molar-refractivity contribution in [2.75, 3.05) is 0 Å². The number of nitrogens with one attached hydrogen (secondary N) is 1. The Morgan fingerprint density at radius 1 is 1.42 bits per heavy atom. The van der Waals surface area contributed by atoms with Crippen molar-refractivity contribution in [3.63, 3.8) is 0 Å². The van der Waals surface area contributed by atoms with Crippen LogP contribution < -0.4 is 4.72 Å². The van der Waals surface area contributed by atoms with Gasteiger partial charge in [0.2, 0.25) is 0 Å². The van der Waals surface area contributed by atoms with Crippen molar-refractivity contribution in [3.05, 3.63) is 39.7 Å². The lowest BCUT2D eigenvalue weighted by Crippen LogP contribution is -2.28. The molecule has 2 heterocycles. The normalized spacial score (nSPS) is 11.8. The van der Waals surface area contributed by atoms with Gasteiger partial charge in [0.15, 0.2) is 0 Å². The van der Waals surface area contributed by atoms with Crippen LogP contribution in [0.1, 0.15) is 9.88 Å². The Hall–Kier alpha value is -1.51. The molecule has 0 aliphatic carbocycles. The third-order valence-electron chi connectivity index (χ3n) is 2.04. The van der Waals surface area contributed by atoms with Crippen LogP contribution in [0.15, 0.2) is 34.0 Å². The quantitative estimate of drug-likeness (QED) is 0.876. The molecule has 0 bridgehead atoms. The van der Waals surface area contributed by atoms with Crippen LogP contribution in [0.3, 0.4) is 0 Å². The van der Waals surface area contributed by atoms with Crippen molar-refractivity contribution in [1.29, 1.82) is 0 Å². The zero-order chi connectivity index (χ0) is 13.9. The molecule has 0 atom stereocenters. The Kier molecular flexibility index (Phi) is 4.13. The fraction of sp³-hybridized carbons (Fsp3) is 0.0909. The molecule has 8 heteroatoms. The topological polar surface area (TPSA) is 76.1 Å². The van der Waals surface area contributed by atoms with Crippen LogP contribution in [0.5, 0.6) is 0 Å². The van der Waals surface area contributed by atoms with E-state index in [9.17, 15) is 13.2 Å². The van der Waals surface area contributed by atoms with Gasteiger partial charge in [0.25, 0.3) is 15.9 Å². The number of amides is 1. The number of aromatic nitrogens is 1. The summed E-state index contributed by atoms with van der Waals surface area (Å²) in [5.74, 6) is -0.693. The van der Waals surface area contributed by atoms with Crippen LogP contribution in [0, 0.1) is 6.92 Å². The summed E-state index contributed by atoms with van der Waals surface area (Å²) in [7, 11) is -3.78. The first kappa shape index (κ1) is 13.9. The molecule has 0 unspecified atom stereocenters. The number of carbonyl (C=O) groups is 1. The van der Waals surface area contributed by atoms with Gasteiger partial charge >= 0.3 is 0 Å². The van der Waals surface area contributed by atoms with Gasteiger partial charge in [-0.3, -0.25) is 4.79 Å². The van der Waals surface area contributed by atoms with Gasteiger partial charge in [-0.25, -0.2) is 18.1 Å². The Bertz CT molecular complexity index is 699. The van der Waals surface area contributed by atoms with Crippen molar-refractivity contribution in [1.82, 2.24) is 9.71 Å². The predicted octanol–water partition coefficient (Wildman–Crippen LogP) is 2.03. The molecule has 0 saturated heterocycles. The van der Waals surface area contributed by atoms with E-state index in [1.165, 1.54) is 23.5 Å². The Morgan fingerprint density at radius 3 is 2.79 bits per heavy atom. The molecule has 19 heavy (non-hydrogen) atoms. The molecule has 100 valence electrons. The highest BCUT2D eigenvalue weighted by atomic mass is 32.2. The summed E-state index contributed by atoms with van der Waals surface area (Å²) in [5.41, 5.74) is 0. The summed E-state index contributed by atoms with van der Waals surface area (Å²) >= 11 is 2.47. The third kappa shape index (κ3) is 3.72. The van der Waals surface area contributed by atoms with Crippen molar-refractivity contribution >= 4 is 44.7 Å².